The third-order valence-electron chi connectivity index (χ3n) is 2.85. The first-order valence-corrected chi connectivity index (χ1v) is 7.08. The molecule has 0 amide bonds. The van der Waals surface area contributed by atoms with Crippen LogP contribution in [0, 0.1) is 6.92 Å². The monoisotopic (exact) mass is 336 g/mol. The van der Waals surface area contributed by atoms with Crippen LogP contribution in [0.25, 0.3) is 0 Å². The molecule has 0 atom stereocenters. The number of halogens is 1. The summed E-state index contributed by atoms with van der Waals surface area (Å²) < 4.78 is 6.96. The molecule has 0 saturated heterocycles. The van der Waals surface area contributed by atoms with Gasteiger partial charge in [-0.3, -0.25) is 5.43 Å². The Kier molecular flexibility index (Phi) is 4.57. The van der Waals surface area contributed by atoms with Crippen molar-refractivity contribution >= 4 is 21.9 Å². The Bertz CT molecular complexity index is 616. The number of nitrogens with one attached hydrogen (secondary N) is 1. The summed E-state index contributed by atoms with van der Waals surface area (Å²) in [6, 6.07) is 5.93. The van der Waals surface area contributed by atoms with Crippen molar-refractivity contribution < 1.29 is 4.74 Å². The van der Waals surface area contributed by atoms with Gasteiger partial charge in [-0.25, -0.2) is 10.8 Å². The second-order valence-electron chi connectivity index (χ2n) is 4.77. The van der Waals surface area contributed by atoms with E-state index in [-0.39, 0.29) is 0 Å². The molecule has 6 heteroatoms. The summed E-state index contributed by atoms with van der Waals surface area (Å²) >= 11 is 3.48. The normalized spacial score (nSPS) is 10.7. The van der Waals surface area contributed by atoms with Crippen LogP contribution in [0.2, 0.25) is 0 Å². The zero-order valence-corrected chi connectivity index (χ0v) is 13.2. The van der Waals surface area contributed by atoms with Gasteiger partial charge >= 0.3 is 0 Å². The third-order valence-corrected chi connectivity index (χ3v) is 3.35. The molecule has 0 unspecified atom stereocenters. The lowest BCUT2D eigenvalue weighted by Gasteiger charge is -2.15. The van der Waals surface area contributed by atoms with E-state index < -0.39 is 0 Å². The van der Waals surface area contributed by atoms with E-state index in [4.69, 9.17) is 10.6 Å². The average Bonchev–Trinajstić information content (AvgIpc) is 2.42. The quantitative estimate of drug-likeness (QED) is 0.657. The van der Waals surface area contributed by atoms with Crippen molar-refractivity contribution in [1.82, 2.24) is 9.97 Å². The molecule has 5 nitrogen and oxygen atoms in total. The number of aryl methyl sites for hydroxylation is 1. The predicted octanol–water partition coefficient (Wildman–Crippen LogP) is 3.75. The molecule has 0 saturated carbocycles. The Labute approximate surface area is 126 Å². The average molecular weight is 337 g/mol. The molecular formula is C14H17BrN4O. The molecule has 0 radical (unpaired) electrons. The molecule has 2 aromatic rings. The summed E-state index contributed by atoms with van der Waals surface area (Å²) in [7, 11) is 0. The molecule has 2 rings (SSSR count). The van der Waals surface area contributed by atoms with Crippen LogP contribution in [-0.2, 0) is 0 Å². The Hall–Kier alpha value is -1.66. The van der Waals surface area contributed by atoms with Crippen LogP contribution in [-0.4, -0.2) is 9.97 Å². The second-order valence-corrected chi connectivity index (χ2v) is 5.68. The number of ether oxygens (including phenoxy) is 1. The Morgan fingerprint density at radius 2 is 2.10 bits per heavy atom. The first kappa shape index (κ1) is 14.7. The minimum absolute atomic E-state index is 0.328. The topological polar surface area (TPSA) is 73.1 Å². The minimum atomic E-state index is 0.328. The summed E-state index contributed by atoms with van der Waals surface area (Å²) in [6.07, 6.45) is 1.67. The van der Waals surface area contributed by atoms with E-state index in [1.165, 1.54) is 0 Å². The number of aromatic nitrogens is 2. The molecule has 0 aliphatic heterocycles. The molecule has 1 aromatic heterocycles. The molecule has 1 aromatic carbocycles. The van der Waals surface area contributed by atoms with Gasteiger partial charge in [-0.1, -0.05) is 29.8 Å². The number of nitrogen functional groups attached to an aromatic ring is 1. The smallest absolute Gasteiger partial charge is 0.240 e. The number of nitrogens with two attached hydrogens (primary N) is 1. The maximum Gasteiger partial charge on any atom is 0.240 e. The molecule has 0 aliphatic rings. The molecule has 0 spiro atoms. The van der Waals surface area contributed by atoms with Crippen molar-refractivity contribution in [2.45, 2.75) is 26.7 Å². The van der Waals surface area contributed by atoms with Crippen molar-refractivity contribution in [3.8, 4) is 11.6 Å². The van der Waals surface area contributed by atoms with Crippen molar-refractivity contribution in [3.63, 3.8) is 0 Å². The zero-order valence-electron chi connectivity index (χ0n) is 11.6. The van der Waals surface area contributed by atoms with Crippen molar-refractivity contribution in [2.75, 3.05) is 5.43 Å². The van der Waals surface area contributed by atoms with Gasteiger partial charge in [-0.05, 0) is 36.6 Å². The van der Waals surface area contributed by atoms with Crippen LogP contribution < -0.4 is 16.0 Å². The van der Waals surface area contributed by atoms with Crippen LogP contribution in [0.4, 0.5) is 5.95 Å². The summed E-state index contributed by atoms with van der Waals surface area (Å²) in [6.45, 7) is 6.13. The molecule has 0 bridgehead atoms. The Balaban J connectivity index is 2.39. The second kappa shape index (κ2) is 6.19. The van der Waals surface area contributed by atoms with E-state index >= 15 is 0 Å². The molecule has 0 aliphatic carbocycles. The van der Waals surface area contributed by atoms with Gasteiger partial charge in [0.1, 0.15) is 5.75 Å². The fraction of sp³-hybridized carbons (Fsp3) is 0.286. The van der Waals surface area contributed by atoms with Gasteiger partial charge in [0.05, 0.1) is 0 Å². The van der Waals surface area contributed by atoms with Crippen molar-refractivity contribution in [1.29, 1.82) is 0 Å². The van der Waals surface area contributed by atoms with Crippen molar-refractivity contribution in [3.05, 3.63) is 40.0 Å². The summed E-state index contributed by atoms with van der Waals surface area (Å²) in [4.78, 5) is 8.26. The number of hydrogen-bond acceptors (Lipinski definition) is 5. The molecular weight excluding hydrogens is 320 g/mol. The number of nitrogens with zero attached hydrogens (tertiary/aromatic N) is 2. The molecule has 3 N–H and O–H groups in total. The van der Waals surface area contributed by atoms with Crippen molar-refractivity contribution in [2.24, 2.45) is 5.84 Å². The number of rotatable bonds is 4. The first-order chi connectivity index (χ1) is 9.51. The van der Waals surface area contributed by atoms with Gasteiger partial charge in [0, 0.05) is 16.2 Å². The highest BCUT2D eigenvalue weighted by atomic mass is 79.9. The van der Waals surface area contributed by atoms with Gasteiger partial charge in [0.25, 0.3) is 0 Å². The first-order valence-electron chi connectivity index (χ1n) is 6.29. The maximum absolute atomic E-state index is 5.93. The van der Waals surface area contributed by atoms with Crippen LogP contribution in [0.5, 0.6) is 11.6 Å². The highest BCUT2D eigenvalue weighted by Gasteiger charge is 2.12. The number of hydrazine groups is 1. The fourth-order valence-corrected chi connectivity index (χ4v) is 2.15. The zero-order chi connectivity index (χ0) is 14.7. The van der Waals surface area contributed by atoms with Gasteiger partial charge in [0.2, 0.25) is 11.8 Å². The molecule has 20 heavy (non-hydrogen) atoms. The maximum atomic E-state index is 5.93. The van der Waals surface area contributed by atoms with E-state index in [1.54, 1.807) is 6.20 Å². The highest BCUT2D eigenvalue weighted by molar-refractivity contribution is 9.10. The third kappa shape index (κ3) is 3.26. The minimum Gasteiger partial charge on any atom is -0.438 e. The fourth-order valence-electron chi connectivity index (χ4n) is 1.77. The lowest BCUT2D eigenvalue weighted by Crippen LogP contribution is -2.11. The SMILES string of the molecule is Cc1cnc(NN)nc1Oc1ccc(Br)cc1C(C)C. The Morgan fingerprint density at radius 3 is 2.75 bits per heavy atom. The summed E-state index contributed by atoms with van der Waals surface area (Å²) in [5.41, 5.74) is 4.38. The van der Waals surface area contributed by atoms with E-state index in [0.29, 0.717) is 17.7 Å². The number of anilines is 1. The van der Waals surface area contributed by atoms with Gasteiger partial charge < -0.3 is 4.74 Å². The molecule has 0 fully saturated rings. The highest BCUT2D eigenvalue weighted by Crippen LogP contribution is 2.33. The van der Waals surface area contributed by atoms with Crippen LogP contribution >= 0.6 is 15.9 Å². The van der Waals surface area contributed by atoms with E-state index in [2.05, 4.69) is 51.2 Å². The summed E-state index contributed by atoms with van der Waals surface area (Å²) in [5, 5.41) is 0. The standard InChI is InChI=1S/C14H17BrN4O/c1-8(2)11-6-10(15)4-5-12(11)20-13-9(3)7-17-14(18-13)19-16/h4-8H,16H2,1-3H3,(H,17,18,19). The molecule has 1 heterocycles. The van der Waals surface area contributed by atoms with Gasteiger partial charge in [-0.2, -0.15) is 4.98 Å². The van der Waals surface area contributed by atoms with Crippen LogP contribution in [0.15, 0.2) is 28.9 Å². The van der Waals surface area contributed by atoms with E-state index in [1.807, 2.05) is 19.1 Å². The van der Waals surface area contributed by atoms with E-state index in [0.717, 1.165) is 21.3 Å². The summed E-state index contributed by atoms with van der Waals surface area (Å²) in [5.74, 6) is 7.28. The van der Waals surface area contributed by atoms with Gasteiger partial charge in [0.15, 0.2) is 0 Å². The molecule has 106 valence electrons. The number of benzene rings is 1. The largest absolute Gasteiger partial charge is 0.438 e. The number of hydrogen-bond donors (Lipinski definition) is 2. The van der Waals surface area contributed by atoms with E-state index in [9.17, 15) is 0 Å². The lowest BCUT2D eigenvalue weighted by molar-refractivity contribution is 0.450. The van der Waals surface area contributed by atoms with Crippen LogP contribution in [0.1, 0.15) is 30.9 Å². The van der Waals surface area contributed by atoms with Crippen LogP contribution in [0.3, 0.4) is 0 Å². The lowest BCUT2D eigenvalue weighted by atomic mass is 10.0. The predicted molar refractivity (Wildman–Crippen MR) is 82.9 cm³/mol. The van der Waals surface area contributed by atoms with Gasteiger partial charge in [-0.15, -0.1) is 0 Å². The Morgan fingerprint density at radius 1 is 1.35 bits per heavy atom.